The molecule has 6 heterocycles. The van der Waals surface area contributed by atoms with Crippen LogP contribution in [-0.4, -0.2) is 61.2 Å². The lowest BCUT2D eigenvalue weighted by molar-refractivity contribution is 0.0887. The number of aryl methyl sites for hydroxylation is 2. The number of nitrogens with one attached hydrogen (secondary N) is 3. The number of aromatic nitrogens is 5. The zero-order chi connectivity index (χ0) is 33.8. The summed E-state index contributed by atoms with van der Waals surface area (Å²) in [6, 6.07) is 7.57. The molecule has 3 N–H and O–H groups in total. The van der Waals surface area contributed by atoms with Crippen molar-refractivity contribution in [1.82, 2.24) is 40.0 Å². The van der Waals surface area contributed by atoms with E-state index in [0.717, 1.165) is 55.0 Å². The van der Waals surface area contributed by atoms with Gasteiger partial charge in [-0.25, -0.2) is 23.1 Å². The van der Waals surface area contributed by atoms with Gasteiger partial charge in [-0.1, -0.05) is 6.42 Å². The Balaban J connectivity index is 1.19. The molecule has 1 saturated carbocycles. The number of nitrogens with zero attached hydrogens (tertiary/aromatic N) is 5. The average molecular weight is 671 g/mol. The van der Waals surface area contributed by atoms with Crippen LogP contribution in [0.3, 0.4) is 0 Å². The van der Waals surface area contributed by atoms with Crippen molar-refractivity contribution in [2.45, 2.75) is 82.7 Å². The van der Waals surface area contributed by atoms with Crippen LogP contribution in [0.1, 0.15) is 89.5 Å². The molecule has 13 heteroatoms. The van der Waals surface area contributed by atoms with Crippen molar-refractivity contribution in [3.05, 3.63) is 76.7 Å². The third-order valence-electron chi connectivity index (χ3n) is 9.97. The summed E-state index contributed by atoms with van der Waals surface area (Å²) in [5, 5.41) is 9.54. The van der Waals surface area contributed by atoms with Gasteiger partial charge in [-0.3, -0.25) is 14.6 Å². The Morgan fingerprint density at radius 1 is 1.02 bits per heavy atom. The van der Waals surface area contributed by atoms with E-state index in [2.05, 4.69) is 30.1 Å². The van der Waals surface area contributed by atoms with Crippen molar-refractivity contribution < 1.29 is 22.8 Å². The fourth-order valence-corrected chi connectivity index (χ4v) is 7.21. The minimum Gasteiger partial charge on any atom is -0.345 e. The predicted molar refractivity (Wildman–Crippen MR) is 178 cm³/mol. The van der Waals surface area contributed by atoms with E-state index < -0.39 is 41.7 Å². The van der Waals surface area contributed by atoms with Gasteiger partial charge in [0.25, 0.3) is 11.8 Å². The van der Waals surface area contributed by atoms with Crippen LogP contribution in [0.5, 0.6) is 0 Å². The van der Waals surface area contributed by atoms with Gasteiger partial charge in [0.2, 0.25) is 0 Å². The van der Waals surface area contributed by atoms with Crippen molar-refractivity contribution in [1.29, 1.82) is 0 Å². The normalized spacial score (nSPS) is 21.8. The van der Waals surface area contributed by atoms with E-state index >= 15 is 4.39 Å². The summed E-state index contributed by atoms with van der Waals surface area (Å²) in [5.74, 6) is -1.83. The van der Waals surface area contributed by atoms with Crippen molar-refractivity contribution in [2.24, 2.45) is 0 Å². The van der Waals surface area contributed by atoms with Crippen LogP contribution in [0, 0.1) is 11.6 Å². The summed E-state index contributed by atoms with van der Waals surface area (Å²) >= 11 is 0. The molecule has 2 aliphatic heterocycles. The second kappa shape index (κ2) is 12.6. The number of benzene rings is 1. The number of rotatable bonds is 4. The lowest BCUT2D eigenvalue weighted by Gasteiger charge is -2.27. The number of carbonyl (C=O) groups is 2. The molecule has 2 bridgehead atoms. The summed E-state index contributed by atoms with van der Waals surface area (Å²) < 4.78 is 49.1. The van der Waals surface area contributed by atoms with E-state index in [9.17, 15) is 18.4 Å². The molecule has 3 aliphatic rings. The molecule has 3 atom stereocenters. The fourth-order valence-electron chi connectivity index (χ4n) is 7.21. The summed E-state index contributed by atoms with van der Waals surface area (Å²) in [7, 11) is 0. The van der Waals surface area contributed by atoms with Crippen LogP contribution in [0.25, 0.3) is 33.6 Å². The van der Waals surface area contributed by atoms with Crippen LogP contribution >= 0.6 is 0 Å². The lowest BCUT2D eigenvalue weighted by atomic mass is 10.0. The van der Waals surface area contributed by atoms with E-state index in [-0.39, 0.29) is 30.1 Å². The number of amides is 2. The molecular weight excluding hydrogens is 633 g/mol. The number of piperidine rings is 1. The van der Waals surface area contributed by atoms with E-state index in [1.807, 2.05) is 25.1 Å². The average Bonchev–Trinajstić information content (AvgIpc) is 3.76. The molecule has 0 radical (unpaired) electrons. The fraction of sp³-hybridized carbons (Fsp3) is 0.417. The van der Waals surface area contributed by atoms with Gasteiger partial charge in [0.15, 0.2) is 11.6 Å². The van der Waals surface area contributed by atoms with Crippen molar-refractivity contribution in [2.75, 3.05) is 13.1 Å². The van der Waals surface area contributed by atoms with Gasteiger partial charge in [0.1, 0.15) is 17.6 Å². The topological polar surface area (TPSA) is 119 Å². The Morgan fingerprint density at radius 3 is 2.69 bits per heavy atom. The third-order valence-corrected chi connectivity index (χ3v) is 9.97. The summed E-state index contributed by atoms with van der Waals surface area (Å²) in [4.78, 5) is 40.4. The highest BCUT2D eigenvalue weighted by molar-refractivity contribution is 5.99. The molecule has 2 fully saturated rings. The quantitative estimate of drug-likeness (QED) is 0.226. The number of carbonyl (C=O) groups excluding carboxylic acids is 2. The number of hydrogen-bond donors (Lipinski definition) is 3. The number of imidazole rings is 1. The minimum atomic E-state index is -1.20. The zero-order valence-corrected chi connectivity index (χ0v) is 27.1. The van der Waals surface area contributed by atoms with Gasteiger partial charge < -0.3 is 25.1 Å². The molecule has 1 aliphatic carbocycles. The van der Waals surface area contributed by atoms with Gasteiger partial charge in [-0.2, -0.15) is 0 Å². The Kier molecular flexibility index (Phi) is 8.09. The molecule has 2 amide bonds. The Hall–Kier alpha value is -4.78. The number of hydrogen-bond acceptors (Lipinski definition) is 6. The Bertz CT molecular complexity index is 2110. The first-order valence-electron chi connectivity index (χ1n) is 17.1. The zero-order valence-electron chi connectivity index (χ0n) is 27.1. The summed E-state index contributed by atoms with van der Waals surface area (Å²) in [6.45, 7) is 3.26. The van der Waals surface area contributed by atoms with Gasteiger partial charge in [-0.15, -0.1) is 0 Å². The molecular formula is C36H37F3N8O2. The first kappa shape index (κ1) is 31.5. The molecule has 1 aromatic carbocycles. The second-order valence-electron chi connectivity index (χ2n) is 13.4. The molecule has 49 heavy (non-hydrogen) atoms. The van der Waals surface area contributed by atoms with Crippen LogP contribution in [0.15, 0.2) is 42.7 Å². The van der Waals surface area contributed by atoms with Crippen molar-refractivity contribution in [3.8, 4) is 11.5 Å². The third kappa shape index (κ3) is 5.83. The summed E-state index contributed by atoms with van der Waals surface area (Å²) in [6.07, 6.45) is 6.41. The Morgan fingerprint density at radius 2 is 1.88 bits per heavy atom. The summed E-state index contributed by atoms with van der Waals surface area (Å²) in [5.41, 5.74) is 3.68. The second-order valence-corrected chi connectivity index (χ2v) is 13.4. The van der Waals surface area contributed by atoms with Crippen LogP contribution in [-0.2, 0) is 13.0 Å². The van der Waals surface area contributed by atoms with Gasteiger partial charge in [-0.05, 0) is 81.8 Å². The van der Waals surface area contributed by atoms with Crippen LogP contribution < -0.4 is 16.0 Å². The van der Waals surface area contributed by atoms with Crippen molar-refractivity contribution in [3.63, 3.8) is 0 Å². The highest BCUT2D eigenvalue weighted by Crippen LogP contribution is 2.43. The molecule has 8 rings (SSSR count). The molecule has 4 aromatic heterocycles. The van der Waals surface area contributed by atoms with E-state index in [1.54, 1.807) is 6.20 Å². The molecule has 0 unspecified atom stereocenters. The maximum Gasteiger partial charge on any atom is 0.255 e. The van der Waals surface area contributed by atoms with Gasteiger partial charge >= 0.3 is 0 Å². The molecule has 254 valence electrons. The van der Waals surface area contributed by atoms with Crippen LogP contribution in [0.2, 0.25) is 0 Å². The number of halogens is 3. The first-order chi connectivity index (χ1) is 23.8. The lowest BCUT2D eigenvalue weighted by Crippen LogP contribution is -2.52. The minimum absolute atomic E-state index is 0.0271. The van der Waals surface area contributed by atoms with Crippen molar-refractivity contribution >= 4 is 33.9 Å². The highest BCUT2D eigenvalue weighted by Gasteiger charge is 2.33. The smallest absolute Gasteiger partial charge is 0.255 e. The largest absolute Gasteiger partial charge is 0.345 e. The first-order valence-corrected chi connectivity index (χ1v) is 17.1. The number of fused-ring (bicyclic) bond motifs is 3. The molecule has 1 saturated heterocycles. The molecule has 10 nitrogen and oxygen atoms in total. The molecule has 0 spiro atoms. The monoisotopic (exact) mass is 670 g/mol. The maximum absolute atomic E-state index is 15.6. The number of pyridine rings is 2. The SMILES string of the molecule is C[C@H]1NC(=O)c2c(F)cncc2CCCCCn2c(-c3nc4cc(C(=O)N[C@H]5CNCC[C@@H]5F)c(F)cc4n3C3CC3)cc3ccc1nc32. The highest BCUT2D eigenvalue weighted by atomic mass is 19.1. The molecule has 5 aromatic rings. The predicted octanol–water partition coefficient (Wildman–Crippen LogP) is 5.71. The standard InChI is InChI=1S/C36H37F3N8O2/c1-19-27-9-6-20-13-31(46(33(20)43-27)12-4-2-3-5-21-16-41-17-26(39)32(21)36(49)42-19)34-44-28-14-23(25(38)15-30(28)47(34)22-7-8-22)35(48)45-29-18-40-11-10-24(29)37/h6,9,13-17,19,22,24,29,40H,2-5,7-8,10-12,18H2,1H3,(H,42,49)(H,45,48)/t19-,24+,29+/m1/s1. The van der Waals surface area contributed by atoms with E-state index in [1.165, 1.54) is 12.1 Å². The van der Waals surface area contributed by atoms with E-state index in [0.29, 0.717) is 47.6 Å². The van der Waals surface area contributed by atoms with Gasteiger partial charge in [0.05, 0.1) is 51.8 Å². The number of alkyl halides is 1. The maximum atomic E-state index is 15.6. The van der Waals surface area contributed by atoms with Crippen LogP contribution in [0.4, 0.5) is 13.2 Å². The Labute approximate surface area is 280 Å². The van der Waals surface area contributed by atoms with E-state index in [4.69, 9.17) is 9.97 Å². The van der Waals surface area contributed by atoms with Gasteiger partial charge in [0, 0.05) is 36.8 Å².